The maximum absolute atomic E-state index is 13.1. The summed E-state index contributed by atoms with van der Waals surface area (Å²) in [6, 6.07) is 18.5. The van der Waals surface area contributed by atoms with Crippen molar-refractivity contribution in [2.24, 2.45) is 0 Å². The first kappa shape index (κ1) is 23.6. The highest BCUT2D eigenvalue weighted by Gasteiger charge is 2.25. The number of hydrogen-bond donors (Lipinski definition) is 0. The van der Waals surface area contributed by atoms with E-state index in [1.54, 1.807) is 24.5 Å². The lowest BCUT2D eigenvalue weighted by Gasteiger charge is -2.25. The zero-order chi connectivity index (χ0) is 24.0. The molecule has 2 heterocycles. The van der Waals surface area contributed by atoms with Gasteiger partial charge in [0.2, 0.25) is 5.91 Å². The Balaban J connectivity index is 1.28. The molecular weight excluding hydrogens is 458 g/mol. The molecule has 1 fully saturated rings. The molecule has 6 heteroatoms. The summed E-state index contributed by atoms with van der Waals surface area (Å²) in [4.78, 5) is 16.0. The maximum atomic E-state index is 13.1. The second-order valence-corrected chi connectivity index (χ2v) is 10.1. The lowest BCUT2D eigenvalue weighted by molar-refractivity contribution is -0.128. The highest BCUT2D eigenvalue weighted by atomic mass is 32.1. The third-order valence-electron chi connectivity index (χ3n) is 6.60. The quantitative estimate of drug-likeness (QED) is 0.371. The number of ether oxygens (including phenoxy) is 3. The number of amides is 1. The van der Waals surface area contributed by atoms with E-state index in [1.165, 1.54) is 11.1 Å². The van der Waals surface area contributed by atoms with Crippen molar-refractivity contribution in [3.05, 3.63) is 87.6 Å². The highest BCUT2D eigenvalue weighted by Crippen LogP contribution is 2.33. The number of benzene rings is 2. The molecule has 1 saturated heterocycles. The van der Waals surface area contributed by atoms with Gasteiger partial charge in [0.25, 0.3) is 0 Å². The Morgan fingerprint density at radius 1 is 1.11 bits per heavy atom. The van der Waals surface area contributed by atoms with Crippen LogP contribution in [0, 0.1) is 0 Å². The molecule has 0 N–H and O–H groups in total. The van der Waals surface area contributed by atoms with E-state index in [1.807, 2.05) is 46.7 Å². The van der Waals surface area contributed by atoms with Crippen molar-refractivity contribution in [1.29, 1.82) is 0 Å². The van der Waals surface area contributed by atoms with Crippen molar-refractivity contribution < 1.29 is 19.0 Å². The Morgan fingerprint density at radius 2 is 1.94 bits per heavy atom. The fraction of sp³-hybridized carbons (Fsp3) is 0.345. The van der Waals surface area contributed by atoms with Gasteiger partial charge in [-0.3, -0.25) is 4.79 Å². The molecule has 1 amide bonds. The van der Waals surface area contributed by atoms with Crippen molar-refractivity contribution in [1.82, 2.24) is 4.90 Å². The van der Waals surface area contributed by atoms with Gasteiger partial charge in [0.1, 0.15) is 6.10 Å². The van der Waals surface area contributed by atoms with E-state index in [-0.39, 0.29) is 18.1 Å². The predicted molar refractivity (Wildman–Crippen MR) is 139 cm³/mol. The number of carbonyl (C=O) groups excluding carboxylic acids is 1. The minimum atomic E-state index is -0.0167. The molecule has 1 aliphatic heterocycles. The van der Waals surface area contributed by atoms with Gasteiger partial charge in [-0.2, -0.15) is 0 Å². The lowest BCUT2D eigenvalue weighted by atomic mass is 10.1. The number of hydrogen-bond acceptors (Lipinski definition) is 5. The van der Waals surface area contributed by atoms with Gasteiger partial charge in [0, 0.05) is 43.5 Å². The first-order valence-electron chi connectivity index (χ1n) is 12.2. The van der Waals surface area contributed by atoms with Crippen LogP contribution in [-0.4, -0.2) is 43.3 Å². The summed E-state index contributed by atoms with van der Waals surface area (Å²) in [7, 11) is 1.66. The molecule has 35 heavy (non-hydrogen) atoms. The topological polar surface area (TPSA) is 48.0 Å². The van der Waals surface area contributed by atoms with Crippen LogP contribution in [0.2, 0.25) is 0 Å². The third kappa shape index (κ3) is 5.95. The molecule has 0 bridgehead atoms. The predicted octanol–water partition coefficient (Wildman–Crippen LogP) is 5.52. The Labute approximate surface area is 210 Å². The second-order valence-electron chi connectivity index (χ2n) is 9.10. The van der Waals surface area contributed by atoms with Crippen molar-refractivity contribution in [2.45, 2.75) is 44.4 Å². The Bertz CT molecular complexity index is 1140. The molecule has 1 atom stereocenters. The largest absolute Gasteiger partial charge is 0.493 e. The molecule has 1 aromatic heterocycles. The molecule has 1 unspecified atom stereocenters. The molecule has 3 aromatic rings. The van der Waals surface area contributed by atoms with Crippen LogP contribution in [0.3, 0.4) is 0 Å². The van der Waals surface area contributed by atoms with E-state index in [9.17, 15) is 4.79 Å². The summed E-state index contributed by atoms with van der Waals surface area (Å²) >= 11 is 1.62. The first-order valence-corrected chi connectivity index (χ1v) is 13.1. The van der Waals surface area contributed by atoms with Crippen LogP contribution in [0.4, 0.5) is 0 Å². The van der Waals surface area contributed by atoms with Crippen LogP contribution in [-0.2, 0) is 28.9 Å². The van der Waals surface area contributed by atoms with Crippen molar-refractivity contribution in [3.63, 3.8) is 0 Å². The van der Waals surface area contributed by atoms with Gasteiger partial charge in [0.05, 0.1) is 13.2 Å². The van der Waals surface area contributed by atoms with Crippen LogP contribution in [0.5, 0.6) is 11.5 Å². The van der Waals surface area contributed by atoms with Crippen LogP contribution < -0.4 is 9.47 Å². The average molecular weight is 490 g/mol. The normalized spacial score (nSPS) is 17.6. The van der Waals surface area contributed by atoms with Gasteiger partial charge < -0.3 is 19.1 Å². The monoisotopic (exact) mass is 489 g/mol. The second kappa shape index (κ2) is 11.1. The summed E-state index contributed by atoms with van der Waals surface area (Å²) < 4.78 is 17.8. The van der Waals surface area contributed by atoms with Crippen LogP contribution in [0.1, 0.15) is 34.4 Å². The van der Waals surface area contributed by atoms with Crippen LogP contribution in [0.25, 0.3) is 6.08 Å². The molecule has 2 aliphatic rings. The molecule has 0 radical (unpaired) electrons. The number of methoxy groups -OCH3 is 1. The Kier molecular flexibility index (Phi) is 7.50. The summed E-state index contributed by atoms with van der Waals surface area (Å²) in [6.45, 7) is 1.83. The van der Waals surface area contributed by atoms with Crippen LogP contribution >= 0.6 is 11.3 Å². The minimum Gasteiger partial charge on any atom is -0.493 e. The van der Waals surface area contributed by atoms with Crippen LogP contribution in [0.15, 0.2) is 66.1 Å². The summed E-state index contributed by atoms with van der Waals surface area (Å²) in [5.74, 6) is 1.41. The van der Waals surface area contributed by atoms with Crippen molar-refractivity contribution in [3.8, 4) is 11.5 Å². The van der Waals surface area contributed by atoms with Gasteiger partial charge in [-0.25, -0.2) is 0 Å². The summed E-state index contributed by atoms with van der Waals surface area (Å²) in [6.07, 6.45) is 7.57. The summed E-state index contributed by atoms with van der Waals surface area (Å²) in [5, 5.41) is 2.01. The van der Waals surface area contributed by atoms with E-state index in [4.69, 9.17) is 14.2 Å². The molecule has 5 nitrogen and oxygen atoms in total. The Morgan fingerprint density at radius 3 is 2.63 bits per heavy atom. The summed E-state index contributed by atoms with van der Waals surface area (Å²) in [5.41, 5.74) is 3.71. The van der Waals surface area contributed by atoms with Gasteiger partial charge in [-0.05, 0) is 59.2 Å². The lowest BCUT2D eigenvalue weighted by Crippen LogP contribution is -2.35. The smallest absolute Gasteiger partial charge is 0.246 e. The fourth-order valence-corrected chi connectivity index (χ4v) is 5.44. The zero-order valence-electron chi connectivity index (χ0n) is 20.0. The van der Waals surface area contributed by atoms with E-state index in [2.05, 4.69) is 24.3 Å². The Hall–Kier alpha value is -3.09. The molecule has 5 rings (SSSR count). The third-order valence-corrected chi connectivity index (χ3v) is 7.44. The van der Waals surface area contributed by atoms with Gasteiger partial charge in [0.15, 0.2) is 11.5 Å². The highest BCUT2D eigenvalue weighted by molar-refractivity contribution is 7.10. The van der Waals surface area contributed by atoms with Crippen molar-refractivity contribution in [2.75, 3.05) is 20.3 Å². The first-order chi connectivity index (χ1) is 17.2. The molecular formula is C29H31NO4S. The minimum absolute atomic E-state index is 0.0167. The average Bonchev–Trinajstić information content (AvgIpc) is 3.65. The number of rotatable bonds is 9. The van der Waals surface area contributed by atoms with E-state index in [0.29, 0.717) is 18.8 Å². The molecule has 182 valence electrons. The van der Waals surface area contributed by atoms with E-state index in [0.717, 1.165) is 48.5 Å². The van der Waals surface area contributed by atoms with Gasteiger partial charge in [-0.15, -0.1) is 11.3 Å². The van der Waals surface area contributed by atoms with E-state index >= 15 is 0 Å². The number of fused-ring (bicyclic) bond motifs is 1. The number of nitrogens with zero attached hydrogens (tertiary/aromatic N) is 1. The zero-order valence-corrected chi connectivity index (χ0v) is 20.8. The molecule has 2 aromatic carbocycles. The number of thiophene rings is 1. The molecule has 0 spiro atoms. The van der Waals surface area contributed by atoms with Gasteiger partial charge >= 0.3 is 0 Å². The fourth-order valence-electron chi connectivity index (χ4n) is 4.82. The van der Waals surface area contributed by atoms with Crippen molar-refractivity contribution >= 4 is 23.3 Å². The molecule has 0 saturated carbocycles. The maximum Gasteiger partial charge on any atom is 0.246 e. The number of carbonyl (C=O) groups is 1. The van der Waals surface area contributed by atoms with E-state index < -0.39 is 0 Å². The SMILES string of the molecule is COc1cc(CN(CC2CCCO2)C(=O)/C=C/c2cccs2)ccc1OC1Cc2ccccc2C1. The van der Waals surface area contributed by atoms with Gasteiger partial charge in [-0.1, -0.05) is 36.4 Å². The molecule has 1 aliphatic carbocycles. The standard InChI is InChI=1S/C29H31NO4S/c1-32-28-16-21(10-12-27(28)34-25-17-22-6-2-3-7-23(22)18-25)19-30(20-24-8-4-14-33-24)29(31)13-11-26-9-5-15-35-26/h2-3,5-7,9-13,15-16,24-25H,4,8,14,17-20H2,1H3/b13-11+.